The number of aliphatic carboxylic acids is 3. The molecule has 846 valence electrons. The van der Waals surface area contributed by atoms with Gasteiger partial charge in [-0.1, -0.05) is 97.4 Å². The third-order valence-corrected chi connectivity index (χ3v) is 19.0. The number of hydrogen-bond acceptors (Lipinski definition) is 41. The lowest BCUT2D eigenvalue weighted by molar-refractivity contribution is -0.208. The van der Waals surface area contributed by atoms with Crippen molar-refractivity contribution in [2.45, 2.75) is 298 Å². The third kappa shape index (κ3) is 109. The zero-order chi connectivity index (χ0) is 111. The molecule has 5 rings (SSSR count). The normalized spacial score (nSPS) is 17.1. The van der Waals surface area contributed by atoms with E-state index in [-0.39, 0.29) is 206 Å². The van der Waals surface area contributed by atoms with Gasteiger partial charge in [0.2, 0.25) is 76.8 Å². The van der Waals surface area contributed by atoms with Crippen molar-refractivity contribution in [2.24, 2.45) is 143 Å². The molecule has 5 heterocycles. The summed E-state index contributed by atoms with van der Waals surface area (Å²) in [5.74, 6) is -3.28. The Bertz CT molecular complexity index is 3500. The topological polar surface area (TPSA) is 987 Å². The van der Waals surface area contributed by atoms with Crippen molar-refractivity contribution in [1.82, 2.24) is 19.6 Å². The van der Waals surface area contributed by atoms with Crippen LogP contribution in [-0.4, -0.2) is 328 Å². The first-order valence-electron chi connectivity index (χ1n) is 44.2. The van der Waals surface area contributed by atoms with Gasteiger partial charge in [-0.05, 0) is 94.8 Å². The molecule has 144 heavy (non-hydrogen) atoms. The van der Waals surface area contributed by atoms with Crippen molar-refractivity contribution < 1.29 is 130 Å². The fraction of sp³-hybridized carbons (Fsp3) is 0.724. The molecule has 13 unspecified atom stereocenters. The maximum atomic E-state index is 11.0. The number of rotatable bonds is 42. The summed E-state index contributed by atoms with van der Waals surface area (Å²) in [6.45, 7) is 20.5. The molecule has 57 heteroatoms. The Morgan fingerprint density at radius 2 is 0.924 bits per heavy atom. The highest BCUT2D eigenvalue weighted by atomic mass is 32.1. The zero-order valence-corrected chi connectivity index (χ0v) is 86.7. The summed E-state index contributed by atoms with van der Waals surface area (Å²) < 4.78 is 10.4. The molecule has 5 aliphatic rings. The minimum atomic E-state index is -1.00. The molecule has 13 amide bonds. The number of aliphatic imine (C=N–C) groups is 2. The lowest BCUT2D eigenvalue weighted by Crippen LogP contribution is -2.46. The molecule has 41 N–H and O–H groups in total. The maximum absolute atomic E-state index is 11.0. The predicted molar refractivity (Wildman–Crippen MR) is 573 cm³/mol. The van der Waals surface area contributed by atoms with Crippen LogP contribution in [-0.2, 0) is 115 Å². The van der Waals surface area contributed by atoms with Gasteiger partial charge in [-0.2, -0.15) is 63.1 Å². The molecule has 13 atom stereocenters. The molecular weight excluding hydrogens is 1990 g/mol. The van der Waals surface area contributed by atoms with Crippen LogP contribution in [0, 0.1) is 23.7 Å². The van der Waals surface area contributed by atoms with Crippen LogP contribution in [0.5, 0.6) is 0 Å². The van der Waals surface area contributed by atoms with Crippen molar-refractivity contribution in [1.29, 1.82) is 0 Å². The largest absolute Gasteiger partial charge is 0.481 e. The number of likely N-dealkylation sites (tertiary alicyclic amines) is 4. The highest BCUT2D eigenvalue weighted by Crippen LogP contribution is 2.30. The van der Waals surface area contributed by atoms with Gasteiger partial charge >= 0.3 is 17.9 Å². The number of nitrogens with two attached hydrogens (primary N) is 19. The smallest absolute Gasteiger partial charge is 0.321 e. The van der Waals surface area contributed by atoms with Crippen molar-refractivity contribution >= 4 is 207 Å². The first-order valence-corrected chi connectivity index (χ1v) is 47.1. The van der Waals surface area contributed by atoms with Crippen LogP contribution in [0.15, 0.2) is 9.98 Å². The number of unbranched alkanes of at least 4 members (excludes halogenated alkanes) is 4. The van der Waals surface area contributed by atoms with Gasteiger partial charge in [0.15, 0.2) is 18.2 Å². The van der Waals surface area contributed by atoms with E-state index >= 15 is 0 Å². The Morgan fingerprint density at radius 3 is 1.15 bits per heavy atom. The maximum Gasteiger partial charge on any atom is 0.321 e. The van der Waals surface area contributed by atoms with Gasteiger partial charge in [-0.25, -0.2) is 0 Å². The standard InChI is InChI=1S/C9H17NO3.C7H15NO2.2C6H14N4O.C6H8N2O3.C6H7NO3S.C6H9NO2S.C6H9NO2.C6H13NO2.2C5H11NO.2C3H8N2O.C3H7NO2S.2C3H7NOS.4CH4/c1-5-4-7(12-3)13-8(6(5)2)9(10)11;1-2-3-4-6(8)5-7(9)10;7-5(4-11)2-1-3-10-6(8)9;7-5(11)3-1-2-4-10-6(8)9;7-4-3-5(10)8(1-2-9)6(4)11;8-2-1-7-5(9)3-4(11)6(7)10;1-2-7-5(8)3-4(10)6(7)9;1-2-7-5(8)3-4-6(7)9;7-5-3-1-2-4-6(8)9;1-4(2)5(6)3-7;1-4(2)3-5(6)7;4-1-3(5)2-6;4-2-1-3(5)6;4-2(1-7)3(5)6;4-3(1-5)2-6;4-3(5)1-2-6;;;;/h5-8H,4H2,1-3H3,(H2,10,11);6H,2-5,8H2,1H3,(H,9,10);4-5H,1-3,7H2,(H4,8,9,10);1-4H2,(H2,7,11)(H4,8,9,10);2,4H,1,3,7H2;2,4,11H,1,3H2;4,10H,2-3H2,1H3;2-4H2,1H3;1-5,7H2,(H,8,9);3-5H,6H2,1-2H3;4H,3H2,1-2H3,(H2,6,7);2-3H,1,4-5H2;1-2,4H2,(H2,5,6);2,7H,1,4H2,(H,5,6);1,3,6H,2,4H2;6H,1-2H2,(H2,4,5);4*1H4. The van der Waals surface area contributed by atoms with Gasteiger partial charge in [-0.3, -0.25) is 106 Å². The molecule has 0 aromatic heterocycles. The highest BCUT2D eigenvalue weighted by Gasteiger charge is 2.39. The number of hydrogen-bond donors (Lipinski definition) is 27. The summed E-state index contributed by atoms with van der Waals surface area (Å²) in [7, 11) is 1.57. The molecule has 5 aliphatic heterocycles. The quantitative estimate of drug-likeness (QED) is 0.00700. The Morgan fingerprint density at radius 1 is 0.493 bits per heavy atom. The average molecular weight is 2170 g/mol. The average Bonchev–Trinajstić information content (AvgIpc) is 1.82. The van der Waals surface area contributed by atoms with Gasteiger partial charge in [-0.15, -0.1) is 0 Å². The lowest BCUT2D eigenvalue weighted by atomic mass is 9.85. The number of methoxy groups -OCH3 is 1. The van der Waals surface area contributed by atoms with E-state index in [0.717, 1.165) is 86.6 Å². The molecule has 5 saturated heterocycles. The van der Waals surface area contributed by atoms with E-state index in [4.69, 9.17) is 128 Å². The lowest BCUT2D eigenvalue weighted by Gasteiger charge is -2.36. The van der Waals surface area contributed by atoms with E-state index in [9.17, 15) is 105 Å². The number of carboxylic acids is 3. The van der Waals surface area contributed by atoms with E-state index in [2.05, 4.69) is 92.7 Å². The molecular formula is C87H181N25O27S5. The third-order valence-electron chi connectivity index (χ3n) is 17.2. The number of carbonyl (C=O) groups is 22. The molecule has 0 saturated carbocycles. The number of carboxylic acid groups (broad SMARTS) is 3. The minimum Gasteiger partial charge on any atom is -0.481 e. The van der Waals surface area contributed by atoms with E-state index in [1.165, 1.54) is 9.80 Å². The Labute approximate surface area is 876 Å². The number of amides is 13. The van der Waals surface area contributed by atoms with Gasteiger partial charge in [0, 0.05) is 128 Å². The fourth-order valence-electron chi connectivity index (χ4n) is 9.12. The molecule has 0 aromatic rings. The number of aldehydes is 6. The SMILES string of the molecule is C.C.C.C.CC(C)C(N)C=O.CC(C)CC(N)=O.CCCCC(N)CC(=O)O.CCN1C(=O)CC(S)C1=O.CCN1C(=O)CCC1=O.COC1CC(C)C(C)C(C(N)=O)O1.NC(=O)CCCCN=C(N)N.NC(=O)CCS.NC(C=O)CS.NC(CS)C(=O)O.NC(N)=NCCCC(N)C=O.NC1CC(=O)N(CC=O)C1=O.NCC(N)C=O.NCCC(N)=O.NCCCCCC(=O)O.O=CCN1C(=O)CC(S)C1=O. The van der Waals surface area contributed by atoms with Crippen LogP contribution >= 0.6 is 63.1 Å². The number of nitrogens with zero attached hydrogens (tertiary/aromatic N) is 6. The predicted octanol–water partition coefficient (Wildman–Crippen LogP) is -3.63. The Kier molecular flexibility index (Phi) is 128. The molecule has 5 fully saturated rings. The summed E-state index contributed by atoms with van der Waals surface area (Å²) in [5.41, 5.74) is 96.0. The summed E-state index contributed by atoms with van der Waals surface area (Å²) in [6.07, 6.45) is 15.4. The van der Waals surface area contributed by atoms with Crippen LogP contribution in [0.25, 0.3) is 0 Å². The molecule has 0 aliphatic carbocycles. The first kappa shape index (κ1) is 168. The van der Waals surface area contributed by atoms with Crippen LogP contribution < -0.4 is 109 Å². The number of primary amides is 5. The Balaban J connectivity index is -0.0000000952. The van der Waals surface area contributed by atoms with Crippen molar-refractivity contribution in [3.63, 3.8) is 0 Å². The number of carbonyl (C=O) groups excluding carboxylic acids is 19. The summed E-state index contributed by atoms with van der Waals surface area (Å²) >= 11 is 19.0. The van der Waals surface area contributed by atoms with E-state index in [1.54, 1.807) is 21.0 Å². The molecule has 0 aromatic carbocycles. The van der Waals surface area contributed by atoms with Crippen molar-refractivity contribution in [3.8, 4) is 0 Å². The fourth-order valence-corrected chi connectivity index (χ4v) is 10.2. The summed E-state index contributed by atoms with van der Waals surface area (Å²) in [4.78, 5) is 238. The number of imide groups is 4. The molecule has 0 spiro atoms. The molecule has 52 nitrogen and oxygen atoms in total. The zero-order valence-electron chi connectivity index (χ0n) is 82.2. The second-order valence-electron chi connectivity index (χ2n) is 30.6. The van der Waals surface area contributed by atoms with Gasteiger partial charge in [0.25, 0.3) is 0 Å². The van der Waals surface area contributed by atoms with Crippen LogP contribution in [0.4, 0.5) is 0 Å². The second kappa shape index (κ2) is 110. The number of thiol groups is 5. The number of ether oxygens (including phenoxy) is 2. The number of guanidine groups is 2. The van der Waals surface area contributed by atoms with E-state index < -0.39 is 64.5 Å². The first-order chi connectivity index (χ1) is 65.2. The van der Waals surface area contributed by atoms with E-state index in [1.807, 2.05) is 34.6 Å². The van der Waals surface area contributed by atoms with E-state index in [0.29, 0.717) is 133 Å². The monoisotopic (exact) mass is 2170 g/mol. The van der Waals surface area contributed by atoms with Gasteiger partial charge in [0.1, 0.15) is 49.9 Å². The van der Waals surface area contributed by atoms with Crippen molar-refractivity contribution in [3.05, 3.63) is 0 Å². The summed E-state index contributed by atoms with van der Waals surface area (Å²) in [5, 5.41) is 23.5. The van der Waals surface area contributed by atoms with Crippen LogP contribution in [0.2, 0.25) is 0 Å². The van der Waals surface area contributed by atoms with Crippen molar-refractivity contribution in [2.75, 3.05) is 83.3 Å². The minimum absolute atomic E-state index is 0. The van der Waals surface area contributed by atoms with Crippen LogP contribution in [0.1, 0.15) is 233 Å². The molecule has 0 bridgehead atoms. The highest BCUT2D eigenvalue weighted by molar-refractivity contribution is 7.82. The van der Waals surface area contributed by atoms with Gasteiger partial charge in [0.05, 0.1) is 66.6 Å². The molecule has 0 radical (unpaired) electrons. The van der Waals surface area contributed by atoms with Gasteiger partial charge < -0.3 is 163 Å². The Hall–Kier alpha value is -9.85. The van der Waals surface area contributed by atoms with Crippen LogP contribution in [0.3, 0.4) is 0 Å². The summed E-state index contributed by atoms with van der Waals surface area (Å²) in [6, 6.07) is -3.23. The second-order valence-corrected chi connectivity index (χ2v) is 33.0.